The normalized spacial score (nSPS) is 9.00. The second-order valence-electron chi connectivity index (χ2n) is 3.90. The number of nitrogens with zero attached hydrogens (tertiary/aromatic N) is 1. The number of hydrogen-bond donors (Lipinski definition) is 0. The zero-order valence-electron chi connectivity index (χ0n) is 11.0. The van der Waals surface area contributed by atoms with Crippen LogP contribution in [0, 0.1) is 0 Å². The summed E-state index contributed by atoms with van der Waals surface area (Å²) in [7, 11) is 0. The molecule has 0 atom stereocenters. The second kappa shape index (κ2) is 21.7. The summed E-state index contributed by atoms with van der Waals surface area (Å²) in [6.07, 6.45) is 8.09. The summed E-state index contributed by atoms with van der Waals surface area (Å²) in [4.78, 5) is 2.64. The lowest BCUT2D eigenvalue weighted by molar-refractivity contribution is 0.261. The minimum absolute atomic E-state index is 0. The molecule has 0 bridgehead atoms. The van der Waals surface area contributed by atoms with Gasteiger partial charge in [0, 0.05) is 0 Å². The van der Waals surface area contributed by atoms with E-state index in [0.717, 1.165) is 0 Å². The van der Waals surface area contributed by atoms with E-state index in [1.165, 1.54) is 58.2 Å². The van der Waals surface area contributed by atoms with Crippen LogP contribution in [0.4, 0.5) is 0 Å². The van der Waals surface area contributed by atoms with E-state index in [-0.39, 0.29) is 50.9 Å². The maximum absolute atomic E-state index is 2.64. The molecule has 0 rings (SSSR count). The molecule has 0 radical (unpaired) electrons. The summed E-state index contributed by atoms with van der Waals surface area (Å²) < 4.78 is 0. The van der Waals surface area contributed by atoms with Gasteiger partial charge in [0.25, 0.3) is 0 Å². The molecule has 0 aromatic rings. The van der Waals surface area contributed by atoms with Crippen molar-refractivity contribution in [2.24, 2.45) is 0 Å². The fourth-order valence-corrected chi connectivity index (χ4v) is 1.48. The minimum Gasteiger partial charge on any atom is -0.303 e. The number of rotatable bonds is 9. The molecule has 0 saturated carbocycles. The molecule has 0 aromatic heterocycles. The molecule has 0 aromatic carbocycles. The maximum atomic E-state index is 2.64. The highest BCUT2D eigenvalue weighted by Crippen LogP contribution is 2.01. The molecule has 4 heteroatoms. The first-order valence-electron chi connectivity index (χ1n) is 6.07. The molecule has 1 nitrogen and oxygen atoms in total. The fraction of sp³-hybridized carbons (Fsp3) is 1.00. The van der Waals surface area contributed by atoms with Gasteiger partial charge in [-0.3, -0.25) is 0 Å². The SMILES string of the molecule is Br.Br.Br.CCCCN(CCCC)CCCC. The third-order valence-corrected chi connectivity index (χ3v) is 2.48. The van der Waals surface area contributed by atoms with Gasteiger partial charge < -0.3 is 4.90 Å². The van der Waals surface area contributed by atoms with Gasteiger partial charge in [-0.1, -0.05) is 40.0 Å². The van der Waals surface area contributed by atoms with Gasteiger partial charge >= 0.3 is 0 Å². The summed E-state index contributed by atoms with van der Waals surface area (Å²) in [6, 6.07) is 0. The standard InChI is InChI=1S/C12H27N.3BrH/c1-4-7-10-13(11-8-5-2)12-9-6-3;;;/h4-12H2,1-3H3;3*1H. The smallest absolute Gasteiger partial charge is 0.00188 e. The molecule has 0 amide bonds. The van der Waals surface area contributed by atoms with Crippen molar-refractivity contribution in [1.82, 2.24) is 4.90 Å². The van der Waals surface area contributed by atoms with Gasteiger partial charge in [0.15, 0.2) is 0 Å². The van der Waals surface area contributed by atoms with Crippen LogP contribution in [0.25, 0.3) is 0 Å². The first-order chi connectivity index (χ1) is 6.35. The van der Waals surface area contributed by atoms with E-state index in [4.69, 9.17) is 0 Å². The van der Waals surface area contributed by atoms with Crippen LogP contribution in [0.5, 0.6) is 0 Å². The van der Waals surface area contributed by atoms with Crippen LogP contribution in [-0.4, -0.2) is 24.5 Å². The molecule has 0 aliphatic heterocycles. The first-order valence-corrected chi connectivity index (χ1v) is 6.07. The first kappa shape index (κ1) is 26.1. The quantitative estimate of drug-likeness (QED) is 0.474. The lowest BCUT2D eigenvalue weighted by Gasteiger charge is -2.21. The summed E-state index contributed by atoms with van der Waals surface area (Å²) in [6.45, 7) is 10.8. The summed E-state index contributed by atoms with van der Waals surface area (Å²) in [5, 5.41) is 0. The molecule has 0 N–H and O–H groups in total. The van der Waals surface area contributed by atoms with E-state index in [1.807, 2.05) is 0 Å². The molecular weight excluding hydrogens is 398 g/mol. The van der Waals surface area contributed by atoms with Crippen molar-refractivity contribution in [3.05, 3.63) is 0 Å². The third-order valence-electron chi connectivity index (χ3n) is 2.48. The Hall–Kier alpha value is 1.40. The van der Waals surface area contributed by atoms with E-state index in [9.17, 15) is 0 Å². The van der Waals surface area contributed by atoms with E-state index < -0.39 is 0 Å². The zero-order valence-corrected chi connectivity index (χ0v) is 16.2. The van der Waals surface area contributed by atoms with Crippen LogP contribution < -0.4 is 0 Å². The Bertz CT molecular complexity index is 83.2. The Morgan fingerprint density at radius 1 is 0.562 bits per heavy atom. The van der Waals surface area contributed by atoms with Crippen molar-refractivity contribution < 1.29 is 0 Å². The lowest BCUT2D eigenvalue weighted by Crippen LogP contribution is -2.27. The molecule has 0 spiro atoms. The Balaban J connectivity index is -0.000000240. The van der Waals surface area contributed by atoms with Crippen molar-refractivity contribution in [1.29, 1.82) is 0 Å². The van der Waals surface area contributed by atoms with Gasteiger partial charge in [-0.25, -0.2) is 0 Å². The Morgan fingerprint density at radius 3 is 1.00 bits per heavy atom. The van der Waals surface area contributed by atoms with E-state index >= 15 is 0 Å². The Morgan fingerprint density at radius 2 is 0.812 bits per heavy atom. The van der Waals surface area contributed by atoms with Gasteiger partial charge in [0.1, 0.15) is 0 Å². The van der Waals surface area contributed by atoms with Crippen molar-refractivity contribution >= 4 is 50.9 Å². The van der Waals surface area contributed by atoms with Crippen LogP contribution in [0.3, 0.4) is 0 Å². The highest BCUT2D eigenvalue weighted by atomic mass is 79.9. The van der Waals surface area contributed by atoms with E-state index in [2.05, 4.69) is 25.7 Å². The summed E-state index contributed by atoms with van der Waals surface area (Å²) >= 11 is 0. The Labute approximate surface area is 134 Å². The second-order valence-corrected chi connectivity index (χ2v) is 3.90. The van der Waals surface area contributed by atoms with Crippen LogP contribution >= 0.6 is 50.9 Å². The largest absolute Gasteiger partial charge is 0.303 e. The molecule has 16 heavy (non-hydrogen) atoms. The van der Waals surface area contributed by atoms with E-state index in [1.54, 1.807) is 0 Å². The summed E-state index contributed by atoms with van der Waals surface area (Å²) in [5.74, 6) is 0. The maximum Gasteiger partial charge on any atom is -0.00188 e. The van der Waals surface area contributed by atoms with Gasteiger partial charge in [-0.15, -0.1) is 50.9 Å². The predicted octanol–water partition coefficient (Wildman–Crippen LogP) is 5.42. The summed E-state index contributed by atoms with van der Waals surface area (Å²) in [5.41, 5.74) is 0. The predicted molar refractivity (Wildman–Crippen MR) is 92.1 cm³/mol. The molecule has 104 valence electrons. The lowest BCUT2D eigenvalue weighted by atomic mass is 10.2. The number of halogens is 3. The minimum atomic E-state index is 0. The molecule has 0 fully saturated rings. The average Bonchev–Trinajstić information content (AvgIpc) is 2.17. The fourth-order valence-electron chi connectivity index (χ4n) is 1.48. The monoisotopic (exact) mass is 425 g/mol. The van der Waals surface area contributed by atoms with E-state index in [0.29, 0.717) is 0 Å². The van der Waals surface area contributed by atoms with Crippen molar-refractivity contribution in [2.75, 3.05) is 19.6 Å². The molecule has 0 aliphatic carbocycles. The van der Waals surface area contributed by atoms with Crippen LogP contribution in [0.15, 0.2) is 0 Å². The van der Waals surface area contributed by atoms with Crippen LogP contribution in [0.2, 0.25) is 0 Å². The van der Waals surface area contributed by atoms with Gasteiger partial charge in [-0.2, -0.15) is 0 Å². The highest BCUT2D eigenvalue weighted by molar-refractivity contribution is 8.93. The van der Waals surface area contributed by atoms with Crippen molar-refractivity contribution in [3.63, 3.8) is 0 Å². The van der Waals surface area contributed by atoms with Gasteiger partial charge in [-0.05, 0) is 38.9 Å². The molecular formula is C12H30Br3N. The van der Waals surface area contributed by atoms with Crippen molar-refractivity contribution in [2.45, 2.75) is 59.3 Å². The number of unbranched alkanes of at least 4 members (excludes halogenated alkanes) is 3. The average molecular weight is 428 g/mol. The van der Waals surface area contributed by atoms with Gasteiger partial charge in [0.2, 0.25) is 0 Å². The molecule has 0 aliphatic rings. The number of hydrogen-bond acceptors (Lipinski definition) is 1. The van der Waals surface area contributed by atoms with Crippen molar-refractivity contribution in [3.8, 4) is 0 Å². The highest BCUT2D eigenvalue weighted by Gasteiger charge is 2.01. The topological polar surface area (TPSA) is 3.24 Å². The Kier molecular flexibility index (Phi) is 35.3. The van der Waals surface area contributed by atoms with Crippen LogP contribution in [-0.2, 0) is 0 Å². The van der Waals surface area contributed by atoms with Gasteiger partial charge in [0.05, 0.1) is 0 Å². The molecule has 0 unspecified atom stereocenters. The van der Waals surface area contributed by atoms with Crippen LogP contribution in [0.1, 0.15) is 59.3 Å². The molecule has 0 heterocycles. The zero-order chi connectivity index (χ0) is 9.94. The molecule has 0 saturated heterocycles. The third kappa shape index (κ3) is 17.8.